The molecule has 0 bridgehead atoms. The van der Waals surface area contributed by atoms with E-state index in [1.165, 1.54) is 5.56 Å². The maximum absolute atomic E-state index is 12.4. The van der Waals surface area contributed by atoms with Gasteiger partial charge >= 0.3 is 0 Å². The van der Waals surface area contributed by atoms with Crippen molar-refractivity contribution in [3.05, 3.63) is 53.6 Å². The largest absolute Gasteiger partial charge is 0.491 e. The van der Waals surface area contributed by atoms with Gasteiger partial charge in [-0.05, 0) is 47.7 Å². The van der Waals surface area contributed by atoms with E-state index in [0.717, 1.165) is 12.1 Å². The molecule has 0 aromatic heterocycles. The Morgan fingerprint density at radius 1 is 1.12 bits per heavy atom. The van der Waals surface area contributed by atoms with E-state index >= 15 is 0 Å². The van der Waals surface area contributed by atoms with Crippen molar-refractivity contribution in [1.29, 1.82) is 0 Å². The minimum atomic E-state index is -0.188. The van der Waals surface area contributed by atoms with Crippen LogP contribution >= 0.6 is 0 Å². The zero-order valence-electron chi connectivity index (χ0n) is 14.8. The Labute approximate surface area is 144 Å². The Kier molecular flexibility index (Phi) is 5.50. The molecule has 2 rings (SSSR count). The van der Waals surface area contributed by atoms with Gasteiger partial charge in [0.1, 0.15) is 5.75 Å². The monoisotopic (exact) mass is 326 g/mol. The van der Waals surface area contributed by atoms with Crippen molar-refractivity contribution in [2.45, 2.75) is 39.5 Å². The SMILES string of the molecule is CCCOc1ccc(C(=O)Nc2ccc(C(C)(C)C)cc2)cc1N. The van der Waals surface area contributed by atoms with Gasteiger partial charge in [-0.25, -0.2) is 0 Å². The molecule has 3 N–H and O–H groups in total. The summed E-state index contributed by atoms with van der Waals surface area (Å²) in [6, 6.07) is 13.0. The molecule has 0 unspecified atom stereocenters. The molecule has 0 aliphatic carbocycles. The second-order valence-corrected chi connectivity index (χ2v) is 6.88. The third-order valence-corrected chi connectivity index (χ3v) is 3.74. The van der Waals surface area contributed by atoms with Gasteiger partial charge in [0.25, 0.3) is 5.91 Å². The minimum Gasteiger partial charge on any atom is -0.491 e. The van der Waals surface area contributed by atoms with Gasteiger partial charge in [-0.3, -0.25) is 4.79 Å². The number of ether oxygens (including phenoxy) is 1. The van der Waals surface area contributed by atoms with Crippen LogP contribution in [-0.4, -0.2) is 12.5 Å². The predicted octanol–water partition coefficient (Wildman–Crippen LogP) is 4.61. The second kappa shape index (κ2) is 7.39. The van der Waals surface area contributed by atoms with Gasteiger partial charge in [-0.1, -0.05) is 39.8 Å². The van der Waals surface area contributed by atoms with Gasteiger partial charge in [0.05, 0.1) is 12.3 Å². The number of hydrogen-bond donors (Lipinski definition) is 2. The average Bonchev–Trinajstić information content (AvgIpc) is 2.53. The first-order valence-electron chi connectivity index (χ1n) is 8.25. The molecule has 2 aromatic rings. The lowest BCUT2D eigenvalue weighted by molar-refractivity contribution is 0.102. The normalized spacial score (nSPS) is 11.2. The van der Waals surface area contributed by atoms with Gasteiger partial charge in [0.15, 0.2) is 0 Å². The zero-order valence-corrected chi connectivity index (χ0v) is 14.8. The molecule has 0 saturated heterocycles. The van der Waals surface area contributed by atoms with Crippen LogP contribution in [0.15, 0.2) is 42.5 Å². The van der Waals surface area contributed by atoms with Crippen molar-refractivity contribution in [2.75, 3.05) is 17.7 Å². The molecular weight excluding hydrogens is 300 g/mol. The summed E-state index contributed by atoms with van der Waals surface area (Å²) in [5, 5.41) is 2.89. The molecule has 128 valence electrons. The summed E-state index contributed by atoms with van der Waals surface area (Å²) in [7, 11) is 0. The van der Waals surface area contributed by atoms with Crippen molar-refractivity contribution < 1.29 is 9.53 Å². The number of nitrogen functional groups attached to an aromatic ring is 1. The quantitative estimate of drug-likeness (QED) is 0.789. The number of anilines is 2. The molecule has 4 heteroatoms. The number of amides is 1. The number of carbonyl (C=O) groups is 1. The highest BCUT2D eigenvalue weighted by atomic mass is 16.5. The summed E-state index contributed by atoms with van der Waals surface area (Å²) < 4.78 is 5.53. The van der Waals surface area contributed by atoms with E-state index in [1.54, 1.807) is 18.2 Å². The number of nitrogens with one attached hydrogen (secondary N) is 1. The maximum atomic E-state index is 12.4. The first-order valence-corrected chi connectivity index (χ1v) is 8.25. The second-order valence-electron chi connectivity index (χ2n) is 6.88. The summed E-state index contributed by atoms with van der Waals surface area (Å²) in [5.74, 6) is 0.426. The van der Waals surface area contributed by atoms with Gasteiger partial charge in [-0.15, -0.1) is 0 Å². The predicted molar refractivity (Wildman–Crippen MR) is 99.7 cm³/mol. The van der Waals surface area contributed by atoms with Crippen LogP contribution in [0.3, 0.4) is 0 Å². The number of carbonyl (C=O) groups excluding carboxylic acids is 1. The van der Waals surface area contributed by atoms with Crippen LogP contribution in [0.4, 0.5) is 11.4 Å². The topological polar surface area (TPSA) is 64.3 Å². The van der Waals surface area contributed by atoms with Gasteiger partial charge in [-0.2, -0.15) is 0 Å². The van der Waals surface area contributed by atoms with E-state index in [9.17, 15) is 4.79 Å². The number of hydrogen-bond acceptors (Lipinski definition) is 3. The Hall–Kier alpha value is -2.49. The summed E-state index contributed by atoms with van der Waals surface area (Å²) in [6.45, 7) is 9.11. The molecule has 4 nitrogen and oxygen atoms in total. The van der Waals surface area contributed by atoms with Crippen molar-refractivity contribution in [3.8, 4) is 5.75 Å². The molecule has 24 heavy (non-hydrogen) atoms. The van der Waals surface area contributed by atoms with Crippen LogP contribution in [0.1, 0.15) is 50.0 Å². The molecule has 0 atom stereocenters. The molecule has 0 fully saturated rings. The Morgan fingerprint density at radius 3 is 2.33 bits per heavy atom. The fraction of sp³-hybridized carbons (Fsp3) is 0.350. The fourth-order valence-electron chi connectivity index (χ4n) is 2.29. The highest BCUT2D eigenvalue weighted by molar-refractivity contribution is 6.05. The summed E-state index contributed by atoms with van der Waals surface area (Å²) >= 11 is 0. The van der Waals surface area contributed by atoms with Crippen molar-refractivity contribution >= 4 is 17.3 Å². The Balaban J connectivity index is 2.08. The highest BCUT2D eigenvalue weighted by Crippen LogP contribution is 2.25. The lowest BCUT2D eigenvalue weighted by Crippen LogP contribution is -2.14. The average molecular weight is 326 g/mol. The lowest BCUT2D eigenvalue weighted by Gasteiger charge is -2.19. The minimum absolute atomic E-state index is 0.0886. The van der Waals surface area contributed by atoms with E-state index in [0.29, 0.717) is 23.6 Å². The van der Waals surface area contributed by atoms with E-state index in [-0.39, 0.29) is 11.3 Å². The van der Waals surface area contributed by atoms with Gasteiger partial charge in [0, 0.05) is 11.3 Å². The number of rotatable bonds is 5. The van der Waals surface area contributed by atoms with Crippen LogP contribution in [0, 0.1) is 0 Å². The van der Waals surface area contributed by atoms with Crippen molar-refractivity contribution in [3.63, 3.8) is 0 Å². The zero-order chi connectivity index (χ0) is 17.7. The standard InChI is InChI=1S/C20H26N2O2/c1-5-12-24-18-11-6-14(13-17(18)21)19(23)22-16-9-7-15(8-10-16)20(2,3)4/h6-11,13H,5,12,21H2,1-4H3,(H,22,23). The van der Waals surface area contributed by atoms with Crippen molar-refractivity contribution in [1.82, 2.24) is 0 Å². The van der Waals surface area contributed by atoms with E-state index in [4.69, 9.17) is 10.5 Å². The first kappa shape index (κ1) is 17.9. The Morgan fingerprint density at radius 2 is 1.79 bits per heavy atom. The van der Waals surface area contributed by atoms with Crippen LogP contribution in [0.25, 0.3) is 0 Å². The first-order chi connectivity index (χ1) is 11.3. The lowest BCUT2D eigenvalue weighted by atomic mass is 9.87. The maximum Gasteiger partial charge on any atom is 0.255 e. The smallest absolute Gasteiger partial charge is 0.255 e. The van der Waals surface area contributed by atoms with E-state index in [2.05, 4.69) is 26.1 Å². The number of nitrogens with two attached hydrogens (primary N) is 1. The third kappa shape index (κ3) is 4.51. The highest BCUT2D eigenvalue weighted by Gasteiger charge is 2.14. The molecule has 1 amide bonds. The van der Waals surface area contributed by atoms with Crippen LogP contribution in [-0.2, 0) is 5.41 Å². The molecule has 0 aliphatic rings. The molecule has 0 aliphatic heterocycles. The third-order valence-electron chi connectivity index (χ3n) is 3.74. The van der Waals surface area contributed by atoms with E-state index < -0.39 is 0 Å². The summed E-state index contributed by atoms with van der Waals surface area (Å²) in [4.78, 5) is 12.4. The summed E-state index contributed by atoms with van der Waals surface area (Å²) in [6.07, 6.45) is 0.909. The molecule has 0 saturated carbocycles. The number of benzene rings is 2. The van der Waals surface area contributed by atoms with Crippen LogP contribution in [0.5, 0.6) is 5.75 Å². The van der Waals surface area contributed by atoms with Crippen LogP contribution in [0.2, 0.25) is 0 Å². The molecule has 0 heterocycles. The molecule has 0 spiro atoms. The molecule has 2 aromatic carbocycles. The van der Waals surface area contributed by atoms with E-state index in [1.807, 2.05) is 31.2 Å². The summed E-state index contributed by atoms with van der Waals surface area (Å²) in [5.41, 5.74) is 9.01. The molecular formula is C20H26N2O2. The fourth-order valence-corrected chi connectivity index (χ4v) is 2.29. The molecule has 0 radical (unpaired) electrons. The van der Waals surface area contributed by atoms with Gasteiger partial charge < -0.3 is 15.8 Å². The van der Waals surface area contributed by atoms with Crippen LogP contribution < -0.4 is 15.8 Å². The van der Waals surface area contributed by atoms with Gasteiger partial charge in [0.2, 0.25) is 0 Å². The van der Waals surface area contributed by atoms with Crippen molar-refractivity contribution in [2.24, 2.45) is 0 Å². The Bertz CT molecular complexity index is 701.